The number of hydrogen-bond acceptors (Lipinski definition) is 5. The van der Waals surface area contributed by atoms with E-state index in [2.05, 4.69) is 40.9 Å². The lowest BCUT2D eigenvalue weighted by Gasteiger charge is -2.38. The van der Waals surface area contributed by atoms with Gasteiger partial charge in [0.1, 0.15) is 12.2 Å². The summed E-state index contributed by atoms with van der Waals surface area (Å²) in [5.41, 5.74) is 0.185. The molecule has 0 radical (unpaired) electrons. The first-order valence-electron chi connectivity index (χ1n) is 7.83. The fourth-order valence-electron chi connectivity index (χ4n) is 3.12. The topological polar surface area (TPSA) is 52.0 Å². The SMILES string of the molecule is CC(C)(C)NCc1ncnn1C1CCOC2(CCSC2)C1. The Balaban J connectivity index is 1.70. The number of thioether (sulfide) groups is 1. The molecule has 118 valence electrons. The second kappa shape index (κ2) is 5.89. The van der Waals surface area contributed by atoms with Crippen LogP contribution in [0, 0.1) is 0 Å². The van der Waals surface area contributed by atoms with Crippen LogP contribution in [0.15, 0.2) is 6.33 Å². The standard InChI is InChI=1S/C15H26N4OS/c1-14(2,3)17-9-13-16-11-18-19(13)12-4-6-20-15(8-12)5-7-21-10-15/h11-12,17H,4-10H2,1-3H3. The van der Waals surface area contributed by atoms with E-state index < -0.39 is 0 Å². The van der Waals surface area contributed by atoms with Gasteiger partial charge < -0.3 is 10.1 Å². The average Bonchev–Trinajstić information content (AvgIpc) is 3.05. The van der Waals surface area contributed by atoms with Gasteiger partial charge in [0, 0.05) is 17.9 Å². The summed E-state index contributed by atoms with van der Waals surface area (Å²) < 4.78 is 8.24. The average molecular weight is 310 g/mol. The van der Waals surface area contributed by atoms with Crippen molar-refractivity contribution in [2.24, 2.45) is 0 Å². The molecule has 3 rings (SSSR count). The molecule has 1 aromatic rings. The normalized spacial score (nSPS) is 30.1. The summed E-state index contributed by atoms with van der Waals surface area (Å²) in [5, 5.41) is 8.00. The lowest BCUT2D eigenvalue weighted by Crippen LogP contribution is -2.41. The third-order valence-electron chi connectivity index (χ3n) is 4.30. The third-order valence-corrected chi connectivity index (χ3v) is 5.53. The molecule has 2 aliphatic heterocycles. The van der Waals surface area contributed by atoms with Crippen LogP contribution in [-0.4, -0.2) is 44.0 Å². The molecule has 0 aliphatic carbocycles. The van der Waals surface area contributed by atoms with E-state index in [1.54, 1.807) is 6.33 Å². The van der Waals surface area contributed by atoms with Crippen molar-refractivity contribution >= 4 is 11.8 Å². The van der Waals surface area contributed by atoms with Gasteiger partial charge in [-0.1, -0.05) is 0 Å². The Hall–Kier alpha value is -0.590. The molecule has 1 spiro atoms. The van der Waals surface area contributed by atoms with Gasteiger partial charge in [-0.25, -0.2) is 9.67 Å². The lowest BCUT2D eigenvalue weighted by atomic mass is 9.90. The van der Waals surface area contributed by atoms with Gasteiger partial charge in [-0.15, -0.1) is 0 Å². The Morgan fingerprint density at radius 1 is 1.52 bits per heavy atom. The molecule has 21 heavy (non-hydrogen) atoms. The Morgan fingerprint density at radius 2 is 2.38 bits per heavy atom. The summed E-state index contributed by atoms with van der Waals surface area (Å²) in [6.45, 7) is 8.13. The Morgan fingerprint density at radius 3 is 3.10 bits per heavy atom. The zero-order chi connectivity index (χ0) is 14.9. The third kappa shape index (κ3) is 3.60. The van der Waals surface area contributed by atoms with E-state index >= 15 is 0 Å². The molecule has 2 unspecified atom stereocenters. The molecular weight excluding hydrogens is 284 g/mol. The molecule has 5 nitrogen and oxygen atoms in total. The number of nitrogens with one attached hydrogen (secondary N) is 1. The van der Waals surface area contributed by atoms with Crippen molar-refractivity contribution in [1.82, 2.24) is 20.1 Å². The van der Waals surface area contributed by atoms with Gasteiger partial charge in [0.15, 0.2) is 0 Å². The zero-order valence-corrected chi connectivity index (χ0v) is 14.1. The fourth-order valence-corrected chi connectivity index (χ4v) is 4.50. The minimum atomic E-state index is 0.0915. The number of aromatic nitrogens is 3. The minimum Gasteiger partial charge on any atom is -0.374 e. The number of hydrogen-bond donors (Lipinski definition) is 1. The summed E-state index contributed by atoms with van der Waals surface area (Å²) in [5.74, 6) is 3.40. The monoisotopic (exact) mass is 310 g/mol. The van der Waals surface area contributed by atoms with Crippen LogP contribution >= 0.6 is 11.8 Å². The summed E-state index contributed by atoms with van der Waals surface area (Å²) >= 11 is 2.01. The molecular formula is C15H26N4OS. The molecule has 0 amide bonds. The maximum atomic E-state index is 6.11. The van der Waals surface area contributed by atoms with Crippen LogP contribution in [0.2, 0.25) is 0 Å². The van der Waals surface area contributed by atoms with Gasteiger partial charge in [-0.2, -0.15) is 16.9 Å². The molecule has 2 fully saturated rings. The van der Waals surface area contributed by atoms with E-state index in [1.165, 1.54) is 12.2 Å². The first kappa shape index (κ1) is 15.3. The zero-order valence-electron chi connectivity index (χ0n) is 13.3. The van der Waals surface area contributed by atoms with E-state index in [9.17, 15) is 0 Å². The highest BCUT2D eigenvalue weighted by atomic mass is 32.2. The predicted molar refractivity (Wildman–Crippen MR) is 85.5 cm³/mol. The number of ether oxygens (including phenoxy) is 1. The number of nitrogens with zero attached hydrogens (tertiary/aromatic N) is 3. The fraction of sp³-hybridized carbons (Fsp3) is 0.867. The van der Waals surface area contributed by atoms with Gasteiger partial charge in [0.2, 0.25) is 0 Å². The quantitative estimate of drug-likeness (QED) is 0.929. The van der Waals surface area contributed by atoms with E-state index in [1.807, 2.05) is 11.8 Å². The van der Waals surface area contributed by atoms with Crippen molar-refractivity contribution in [3.05, 3.63) is 12.2 Å². The van der Waals surface area contributed by atoms with Gasteiger partial charge in [0.05, 0.1) is 18.2 Å². The Kier molecular flexibility index (Phi) is 4.30. The van der Waals surface area contributed by atoms with Crippen LogP contribution in [0.5, 0.6) is 0 Å². The van der Waals surface area contributed by atoms with Crippen molar-refractivity contribution in [2.45, 2.75) is 63.8 Å². The second-order valence-electron chi connectivity index (χ2n) is 7.21. The Labute approximate surface area is 131 Å². The molecule has 2 atom stereocenters. The van der Waals surface area contributed by atoms with Crippen LogP contribution in [0.1, 0.15) is 51.9 Å². The first-order valence-corrected chi connectivity index (χ1v) is 8.98. The molecule has 2 saturated heterocycles. The van der Waals surface area contributed by atoms with Crippen LogP contribution in [0.3, 0.4) is 0 Å². The molecule has 3 heterocycles. The molecule has 0 saturated carbocycles. The van der Waals surface area contributed by atoms with Crippen molar-refractivity contribution in [3.63, 3.8) is 0 Å². The van der Waals surface area contributed by atoms with Gasteiger partial charge in [-0.3, -0.25) is 0 Å². The number of rotatable bonds is 3. The van der Waals surface area contributed by atoms with Crippen LogP contribution in [0.25, 0.3) is 0 Å². The minimum absolute atomic E-state index is 0.0915. The van der Waals surface area contributed by atoms with E-state index in [-0.39, 0.29) is 11.1 Å². The van der Waals surface area contributed by atoms with Crippen molar-refractivity contribution in [3.8, 4) is 0 Å². The van der Waals surface area contributed by atoms with Gasteiger partial charge in [0.25, 0.3) is 0 Å². The maximum Gasteiger partial charge on any atom is 0.141 e. The van der Waals surface area contributed by atoms with E-state index in [0.717, 1.165) is 37.6 Å². The summed E-state index contributed by atoms with van der Waals surface area (Å²) in [4.78, 5) is 4.45. The van der Waals surface area contributed by atoms with Crippen LogP contribution in [-0.2, 0) is 11.3 Å². The smallest absolute Gasteiger partial charge is 0.141 e. The Bertz CT molecular complexity index is 476. The largest absolute Gasteiger partial charge is 0.374 e. The van der Waals surface area contributed by atoms with Crippen molar-refractivity contribution < 1.29 is 4.74 Å². The maximum absolute atomic E-state index is 6.11. The lowest BCUT2D eigenvalue weighted by molar-refractivity contribution is -0.0782. The van der Waals surface area contributed by atoms with Crippen LogP contribution in [0.4, 0.5) is 0 Å². The predicted octanol–water partition coefficient (Wildman–Crippen LogP) is 2.39. The molecule has 0 bridgehead atoms. The van der Waals surface area contributed by atoms with Crippen LogP contribution < -0.4 is 5.32 Å². The highest BCUT2D eigenvalue weighted by Crippen LogP contribution is 2.41. The summed E-state index contributed by atoms with van der Waals surface area (Å²) in [6.07, 6.45) is 4.98. The van der Waals surface area contributed by atoms with E-state index in [4.69, 9.17) is 4.74 Å². The van der Waals surface area contributed by atoms with Crippen molar-refractivity contribution in [2.75, 3.05) is 18.1 Å². The molecule has 1 aromatic heterocycles. The molecule has 0 aromatic carbocycles. The highest BCUT2D eigenvalue weighted by molar-refractivity contribution is 7.99. The summed E-state index contributed by atoms with van der Waals surface area (Å²) in [7, 11) is 0. The van der Waals surface area contributed by atoms with Gasteiger partial charge >= 0.3 is 0 Å². The molecule has 1 N–H and O–H groups in total. The molecule has 6 heteroatoms. The van der Waals surface area contributed by atoms with E-state index in [0.29, 0.717) is 6.04 Å². The molecule has 2 aliphatic rings. The second-order valence-corrected chi connectivity index (χ2v) is 8.31. The van der Waals surface area contributed by atoms with Crippen molar-refractivity contribution in [1.29, 1.82) is 0 Å². The van der Waals surface area contributed by atoms with Gasteiger partial charge in [-0.05, 0) is 45.8 Å². The first-order chi connectivity index (χ1) is 9.98. The highest BCUT2D eigenvalue weighted by Gasteiger charge is 2.41. The summed E-state index contributed by atoms with van der Waals surface area (Å²) in [6, 6.07) is 0.428.